The molecular weight excluding hydrogens is 262 g/mol. The van der Waals surface area contributed by atoms with Crippen LogP contribution >= 0.6 is 0 Å². The smallest absolute Gasteiger partial charge is 0.184 e. The van der Waals surface area contributed by atoms with Crippen molar-refractivity contribution in [1.29, 1.82) is 0 Å². The Bertz CT molecular complexity index is 568. The molecule has 1 aliphatic heterocycles. The zero-order valence-corrected chi connectivity index (χ0v) is 11.9. The SMILES string of the molecule is C(=NCc1ccccc1)[C@@H]1CCO[C@H](c2ccccc2)O1. The fourth-order valence-electron chi connectivity index (χ4n) is 2.31. The first-order valence-corrected chi connectivity index (χ1v) is 7.28. The summed E-state index contributed by atoms with van der Waals surface area (Å²) in [6, 6.07) is 20.3. The van der Waals surface area contributed by atoms with Gasteiger partial charge in [0, 0.05) is 18.2 Å². The van der Waals surface area contributed by atoms with E-state index in [1.165, 1.54) is 5.56 Å². The normalized spacial score (nSPS) is 22.5. The van der Waals surface area contributed by atoms with Crippen LogP contribution < -0.4 is 0 Å². The van der Waals surface area contributed by atoms with Gasteiger partial charge in [-0.2, -0.15) is 0 Å². The molecule has 0 spiro atoms. The third-order valence-electron chi connectivity index (χ3n) is 3.43. The van der Waals surface area contributed by atoms with Gasteiger partial charge in [0.1, 0.15) is 0 Å². The van der Waals surface area contributed by atoms with Gasteiger partial charge in [0.15, 0.2) is 6.29 Å². The summed E-state index contributed by atoms with van der Waals surface area (Å²) < 4.78 is 11.6. The molecule has 0 aliphatic carbocycles. The van der Waals surface area contributed by atoms with E-state index in [1.807, 2.05) is 54.7 Å². The van der Waals surface area contributed by atoms with Crippen molar-refractivity contribution in [3.8, 4) is 0 Å². The second kappa shape index (κ2) is 7.16. The third kappa shape index (κ3) is 4.00. The van der Waals surface area contributed by atoms with Crippen molar-refractivity contribution >= 4 is 6.21 Å². The van der Waals surface area contributed by atoms with Crippen LogP contribution in [0.1, 0.15) is 23.8 Å². The van der Waals surface area contributed by atoms with E-state index in [0.29, 0.717) is 13.2 Å². The molecule has 0 amide bonds. The molecule has 2 atom stereocenters. The molecule has 108 valence electrons. The van der Waals surface area contributed by atoms with E-state index in [-0.39, 0.29) is 12.4 Å². The summed E-state index contributed by atoms with van der Waals surface area (Å²) in [6.45, 7) is 1.39. The van der Waals surface area contributed by atoms with Gasteiger partial charge < -0.3 is 9.47 Å². The lowest BCUT2D eigenvalue weighted by Gasteiger charge is -2.28. The van der Waals surface area contributed by atoms with Crippen molar-refractivity contribution in [2.45, 2.75) is 25.4 Å². The molecule has 3 nitrogen and oxygen atoms in total. The molecule has 1 heterocycles. The number of aliphatic imine (C=N–C) groups is 1. The van der Waals surface area contributed by atoms with Gasteiger partial charge in [0.2, 0.25) is 0 Å². The van der Waals surface area contributed by atoms with Gasteiger partial charge in [-0.15, -0.1) is 0 Å². The predicted octanol–water partition coefficient (Wildman–Crippen LogP) is 3.76. The quantitative estimate of drug-likeness (QED) is 0.799. The highest BCUT2D eigenvalue weighted by atomic mass is 16.7. The van der Waals surface area contributed by atoms with Crippen LogP contribution in [-0.4, -0.2) is 18.9 Å². The summed E-state index contributed by atoms with van der Waals surface area (Å²) in [5.41, 5.74) is 2.26. The van der Waals surface area contributed by atoms with E-state index in [4.69, 9.17) is 9.47 Å². The Morgan fingerprint density at radius 1 is 1.00 bits per heavy atom. The van der Waals surface area contributed by atoms with Crippen LogP contribution in [0.3, 0.4) is 0 Å². The highest BCUT2D eigenvalue weighted by Gasteiger charge is 2.22. The van der Waals surface area contributed by atoms with Crippen molar-refractivity contribution in [2.75, 3.05) is 6.61 Å². The van der Waals surface area contributed by atoms with Gasteiger partial charge in [-0.1, -0.05) is 60.7 Å². The van der Waals surface area contributed by atoms with E-state index in [2.05, 4.69) is 17.1 Å². The first kappa shape index (κ1) is 14.0. The number of ether oxygens (including phenoxy) is 2. The molecule has 2 aromatic carbocycles. The molecular formula is C18H19NO2. The molecule has 1 aliphatic rings. The minimum absolute atomic E-state index is 0.0210. The van der Waals surface area contributed by atoms with Crippen LogP contribution in [0.4, 0.5) is 0 Å². The minimum Gasteiger partial charge on any atom is -0.348 e. The molecule has 2 aromatic rings. The van der Waals surface area contributed by atoms with Crippen LogP contribution in [0.15, 0.2) is 65.7 Å². The van der Waals surface area contributed by atoms with Gasteiger partial charge in [0.05, 0.1) is 19.3 Å². The number of hydrogen-bond donors (Lipinski definition) is 0. The highest BCUT2D eigenvalue weighted by molar-refractivity contribution is 5.63. The summed E-state index contributed by atoms with van der Waals surface area (Å²) >= 11 is 0. The second-order valence-corrected chi connectivity index (χ2v) is 5.05. The summed E-state index contributed by atoms with van der Waals surface area (Å²) in [7, 11) is 0. The number of benzene rings is 2. The van der Waals surface area contributed by atoms with Gasteiger partial charge in [-0.3, -0.25) is 4.99 Å². The molecule has 0 radical (unpaired) electrons. The average Bonchev–Trinajstić information content (AvgIpc) is 2.57. The van der Waals surface area contributed by atoms with Crippen molar-refractivity contribution in [3.63, 3.8) is 0 Å². The maximum Gasteiger partial charge on any atom is 0.184 e. The lowest BCUT2D eigenvalue weighted by Crippen LogP contribution is -2.28. The third-order valence-corrected chi connectivity index (χ3v) is 3.43. The molecule has 0 bridgehead atoms. The Morgan fingerprint density at radius 2 is 1.71 bits per heavy atom. The summed E-state index contributed by atoms with van der Waals surface area (Å²) in [4.78, 5) is 4.49. The lowest BCUT2D eigenvalue weighted by atomic mass is 10.2. The predicted molar refractivity (Wildman–Crippen MR) is 83.3 cm³/mol. The summed E-state index contributed by atoms with van der Waals surface area (Å²) in [6.07, 6.45) is 2.49. The number of hydrogen-bond acceptors (Lipinski definition) is 3. The Balaban J connectivity index is 1.56. The summed E-state index contributed by atoms with van der Waals surface area (Å²) in [5, 5.41) is 0. The molecule has 3 heteroatoms. The average molecular weight is 281 g/mol. The molecule has 21 heavy (non-hydrogen) atoms. The van der Waals surface area contributed by atoms with Gasteiger partial charge in [0.25, 0.3) is 0 Å². The number of rotatable bonds is 4. The number of nitrogens with zero attached hydrogens (tertiary/aromatic N) is 1. The zero-order valence-electron chi connectivity index (χ0n) is 11.9. The van der Waals surface area contributed by atoms with E-state index in [9.17, 15) is 0 Å². The maximum absolute atomic E-state index is 5.94. The van der Waals surface area contributed by atoms with Crippen LogP contribution in [0.2, 0.25) is 0 Å². The first-order valence-electron chi connectivity index (χ1n) is 7.28. The maximum atomic E-state index is 5.94. The van der Waals surface area contributed by atoms with E-state index in [1.54, 1.807) is 0 Å². The topological polar surface area (TPSA) is 30.8 Å². The monoisotopic (exact) mass is 281 g/mol. The Labute approximate surface area is 125 Å². The minimum atomic E-state index is -0.284. The standard InChI is InChI=1S/C18H19NO2/c1-3-7-15(8-4-1)13-19-14-17-11-12-20-18(21-17)16-9-5-2-6-10-16/h1-10,14,17-18H,11-13H2/t17-,18-/m0/s1. The molecule has 0 aromatic heterocycles. The van der Waals surface area contributed by atoms with E-state index < -0.39 is 0 Å². The van der Waals surface area contributed by atoms with Crippen molar-refractivity contribution in [3.05, 3.63) is 71.8 Å². The van der Waals surface area contributed by atoms with E-state index >= 15 is 0 Å². The van der Waals surface area contributed by atoms with Crippen LogP contribution in [0, 0.1) is 0 Å². The Morgan fingerprint density at radius 3 is 2.48 bits per heavy atom. The molecule has 0 saturated carbocycles. The Kier molecular flexibility index (Phi) is 4.77. The van der Waals surface area contributed by atoms with Gasteiger partial charge in [-0.05, 0) is 5.56 Å². The van der Waals surface area contributed by atoms with E-state index in [0.717, 1.165) is 12.0 Å². The summed E-state index contributed by atoms with van der Waals surface area (Å²) in [5.74, 6) is 0. The largest absolute Gasteiger partial charge is 0.348 e. The van der Waals surface area contributed by atoms with Gasteiger partial charge >= 0.3 is 0 Å². The van der Waals surface area contributed by atoms with Crippen molar-refractivity contribution in [2.24, 2.45) is 4.99 Å². The fourth-order valence-corrected chi connectivity index (χ4v) is 2.31. The van der Waals surface area contributed by atoms with Crippen LogP contribution in [-0.2, 0) is 16.0 Å². The molecule has 0 N–H and O–H groups in total. The molecule has 3 rings (SSSR count). The van der Waals surface area contributed by atoms with Crippen molar-refractivity contribution in [1.82, 2.24) is 0 Å². The second-order valence-electron chi connectivity index (χ2n) is 5.05. The first-order chi connectivity index (χ1) is 10.4. The Hall–Kier alpha value is -1.97. The van der Waals surface area contributed by atoms with Crippen LogP contribution in [0.25, 0.3) is 0 Å². The van der Waals surface area contributed by atoms with Gasteiger partial charge in [-0.25, -0.2) is 0 Å². The molecule has 1 fully saturated rings. The zero-order chi connectivity index (χ0) is 14.3. The fraction of sp³-hybridized carbons (Fsp3) is 0.278. The lowest BCUT2D eigenvalue weighted by molar-refractivity contribution is -0.198. The van der Waals surface area contributed by atoms with Crippen LogP contribution in [0.5, 0.6) is 0 Å². The molecule has 0 unspecified atom stereocenters. The van der Waals surface area contributed by atoms with Crippen molar-refractivity contribution < 1.29 is 9.47 Å². The molecule has 1 saturated heterocycles. The highest BCUT2D eigenvalue weighted by Crippen LogP contribution is 2.25.